The first-order valence-corrected chi connectivity index (χ1v) is 7.50. The van der Waals surface area contributed by atoms with Crippen LogP contribution in [0.1, 0.15) is 5.56 Å². The van der Waals surface area contributed by atoms with E-state index in [1.807, 2.05) is 0 Å². The quantitative estimate of drug-likeness (QED) is 0.288. The van der Waals surface area contributed by atoms with Crippen molar-refractivity contribution in [3.63, 3.8) is 0 Å². The van der Waals surface area contributed by atoms with E-state index in [9.17, 15) is 71.1 Å². The topological polar surface area (TPSA) is 43.4 Å². The minimum atomic E-state index is -6.98. The Bertz CT molecular complexity index is 798. The molecule has 0 atom stereocenters. The van der Waals surface area contributed by atoms with Crippen LogP contribution in [-0.4, -0.2) is 47.8 Å². The first-order chi connectivity index (χ1) is 14.0. The zero-order valence-electron chi connectivity index (χ0n) is 14.5. The van der Waals surface area contributed by atoms with Crippen molar-refractivity contribution in [1.82, 2.24) is 0 Å². The second kappa shape index (κ2) is 8.06. The Labute approximate surface area is 166 Å². The summed E-state index contributed by atoms with van der Waals surface area (Å²) in [5.41, 5.74) is -1.28. The molecular weight excluding hydrogens is 494 g/mol. The molecule has 3 nitrogen and oxygen atoms in total. The van der Waals surface area contributed by atoms with Gasteiger partial charge in [-0.05, 0) is 6.07 Å². The standard InChI is InChI=1S/C15H6F14O3/c16-10(17,12(20,21)14(24,25)26)8(30)5-6-3-1-2-4-7(6)32-9(31)11(18,19)13(22,23)15(27,28)29/h1-4H,5H2. The molecular formula is C15H6F14O3. The molecule has 0 spiro atoms. The monoisotopic (exact) mass is 500 g/mol. The number of rotatable bonds is 7. The highest BCUT2D eigenvalue weighted by Gasteiger charge is 2.77. The second-order valence-corrected chi connectivity index (χ2v) is 5.89. The van der Waals surface area contributed by atoms with Crippen molar-refractivity contribution >= 4 is 11.8 Å². The number of Topliss-reactive ketones (excluding diaryl/α,β-unsaturated/α-hetero) is 1. The molecule has 0 saturated heterocycles. The maximum absolute atomic E-state index is 13.4. The minimum Gasteiger partial charge on any atom is -0.422 e. The predicted molar refractivity (Wildman–Crippen MR) is 72.7 cm³/mol. The molecule has 182 valence electrons. The molecule has 0 aliphatic heterocycles. The maximum atomic E-state index is 13.4. The van der Waals surface area contributed by atoms with Crippen LogP contribution in [0, 0.1) is 0 Å². The van der Waals surface area contributed by atoms with Gasteiger partial charge >= 0.3 is 42.0 Å². The third-order valence-electron chi connectivity index (χ3n) is 3.63. The Kier molecular flexibility index (Phi) is 6.90. The summed E-state index contributed by atoms with van der Waals surface area (Å²) in [6.07, 6.45) is -16.0. The van der Waals surface area contributed by atoms with Gasteiger partial charge in [0.1, 0.15) is 5.75 Å². The molecule has 0 bridgehead atoms. The first kappa shape index (κ1) is 27.4. The lowest BCUT2D eigenvalue weighted by Crippen LogP contribution is -2.57. The number of benzene rings is 1. The molecule has 0 unspecified atom stereocenters. The van der Waals surface area contributed by atoms with Crippen molar-refractivity contribution in [2.24, 2.45) is 0 Å². The number of carbonyl (C=O) groups is 2. The van der Waals surface area contributed by atoms with Crippen LogP contribution < -0.4 is 4.74 Å². The number of hydrogen-bond donors (Lipinski definition) is 0. The van der Waals surface area contributed by atoms with Crippen molar-refractivity contribution in [3.05, 3.63) is 29.8 Å². The molecule has 1 rings (SSSR count). The van der Waals surface area contributed by atoms with Crippen LogP contribution in [0.5, 0.6) is 5.75 Å². The van der Waals surface area contributed by atoms with Gasteiger partial charge in [0.15, 0.2) is 0 Å². The van der Waals surface area contributed by atoms with Crippen molar-refractivity contribution in [3.8, 4) is 5.75 Å². The smallest absolute Gasteiger partial charge is 0.422 e. The summed E-state index contributed by atoms with van der Waals surface area (Å²) >= 11 is 0. The van der Waals surface area contributed by atoms with Gasteiger partial charge in [-0.25, -0.2) is 4.79 Å². The summed E-state index contributed by atoms with van der Waals surface area (Å²) in [5, 5.41) is 0. The van der Waals surface area contributed by atoms with Gasteiger partial charge in [-0.15, -0.1) is 0 Å². The minimum absolute atomic E-state index is 0.280. The third kappa shape index (κ3) is 4.60. The fraction of sp³-hybridized carbons (Fsp3) is 0.467. The van der Waals surface area contributed by atoms with Crippen LogP contribution in [0.15, 0.2) is 24.3 Å². The fourth-order valence-electron chi connectivity index (χ4n) is 1.86. The molecule has 17 heteroatoms. The molecule has 0 amide bonds. The van der Waals surface area contributed by atoms with Crippen LogP contribution in [-0.2, 0) is 16.0 Å². The summed E-state index contributed by atoms with van der Waals surface area (Å²) in [7, 11) is 0. The van der Waals surface area contributed by atoms with Crippen LogP contribution in [0.3, 0.4) is 0 Å². The Morgan fingerprint density at radius 3 is 1.50 bits per heavy atom. The molecule has 1 aromatic rings. The highest BCUT2D eigenvalue weighted by molar-refractivity contribution is 5.89. The van der Waals surface area contributed by atoms with E-state index in [1.165, 1.54) is 0 Å². The van der Waals surface area contributed by atoms with Gasteiger partial charge in [0.25, 0.3) is 0 Å². The van der Waals surface area contributed by atoms with Crippen molar-refractivity contribution < 1.29 is 75.8 Å². The van der Waals surface area contributed by atoms with Gasteiger partial charge in [0, 0.05) is 12.0 Å². The normalized spacial score (nSPS) is 14.3. The molecule has 0 aliphatic carbocycles. The summed E-state index contributed by atoms with van der Waals surface area (Å²) in [6, 6.07) is 2.06. The summed E-state index contributed by atoms with van der Waals surface area (Å²) in [6.45, 7) is 0. The van der Waals surface area contributed by atoms with E-state index in [0.717, 1.165) is 6.07 Å². The lowest BCUT2D eigenvalue weighted by molar-refractivity contribution is -0.346. The van der Waals surface area contributed by atoms with E-state index in [-0.39, 0.29) is 6.07 Å². The van der Waals surface area contributed by atoms with Gasteiger partial charge in [-0.1, -0.05) is 18.2 Å². The van der Waals surface area contributed by atoms with Crippen LogP contribution in [0.2, 0.25) is 0 Å². The van der Waals surface area contributed by atoms with E-state index in [2.05, 4.69) is 4.74 Å². The van der Waals surface area contributed by atoms with Gasteiger partial charge in [0.2, 0.25) is 5.78 Å². The molecule has 0 heterocycles. The maximum Gasteiger partial charge on any atom is 0.460 e. The van der Waals surface area contributed by atoms with Gasteiger partial charge in [-0.2, -0.15) is 61.5 Å². The molecule has 1 aromatic carbocycles. The average molecular weight is 500 g/mol. The van der Waals surface area contributed by atoms with Crippen molar-refractivity contribution in [1.29, 1.82) is 0 Å². The van der Waals surface area contributed by atoms with E-state index in [1.54, 1.807) is 0 Å². The lowest BCUT2D eigenvalue weighted by atomic mass is 9.99. The molecule has 0 N–H and O–H groups in total. The largest absolute Gasteiger partial charge is 0.460 e. The van der Waals surface area contributed by atoms with Crippen LogP contribution in [0.25, 0.3) is 0 Å². The number of ether oxygens (including phenoxy) is 1. The second-order valence-electron chi connectivity index (χ2n) is 5.89. The van der Waals surface area contributed by atoms with Gasteiger partial charge in [0.05, 0.1) is 0 Å². The number of ketones is 1. The summed E-state index contributed by atoms with van der Waals surface area (Å²) in [5.74, 6) is -35.2. The van der Waals surface area contributed by atoms with E-state index >= 15 is 0 Å². The highest BCUT2D eigenvalue weighted by atomic mass is 19.4. The van der Waals surface area contributed by atoms with Crippen LogP contribution in [0.4, 0.5) is 61.5 Å². The molecule has 0 radical (unpaired) electrons. The van der Waals surface area contributed by atoms with Crippen molar-refractivity contribution in [2.75, 3.05) is 0 Å². The number of hydrogen-bond acceptors (Lipinski definition) is 3. The zero-order chi connectivity index (χ0) is 25.6. The zero-order valence-corrected chi connectivity index (χ0v) is 14.5. The first-order valence-electron chi connectivity index (χ1n) is 7.50. The average Bonchev–Trinajstić information content (AvgIpc) is 2.60. The number of alkyl halides is 14. The highest BCUT2D eigenvalue weighted by Crippen LogP contribution is 2.48. The van der Waals surface area contributed by atoms with E-state index < -0.39 is 65.5 Å². The van der Waals surface area contributed by atoms with Crippen LogP contribution >= 0.6 is 0 Å². The molecule has 0 fully saturated rings. The SMILES string of the molecule is O=C(Cc1ccccc1OC(=O)C(F)(F)C(F)(F)C(F)(F)F)C(F)(F)C(F)(F)C(F)(F)F. The van der Waals surface area contributed by atoms with E-state index in [4.69, 9.17) is 0 Å². The number of carbonyl (C=O) groups excluding carboxylic acids is 2. The summed E-state index contributed by atoms with van der Waals surface area (Å²) < 4.78 is 181. The number of esters is 1. The number of para-hydroxylation sites is 1. The van der Waals surface area contributed by atoms with Gasteiger partial charge in [-0.3, -0.25) is 4.79 Å². The third-order valence-corrected chi connectivity index (χ3v) is 3.63. The molecule has 32 heavy (non-hydrogen) atoms. The van der Waals surface area contributed by atoms with E-state index in [0.29, 0.717) is 12.1 Å². The Hall–Kier alpha value is -2.62. The molecule has 0 aliphatic rings. The summed E-state index contributed by atoms with van der Waals surface area (Å²) in [4.78, 5) is 22.6. The molecule has 0 saturated carbocycles. The number of halogens is 14. The Morgan fingerprint density at radius 1 is 0.656 bits per heavy atom. The fourth-order valence-corrected chi connectivity index (χ4v) is 1.86. The lowest BCUT2D eigenvalue weighted by Gasteiger charge is -2.27. The van der Waals surface area contributed by atoms with Crippen molar-refractivity contribution in [2.45, 2.75) is 42.5 Å². The predicted octanol–water partition coefficient (Wildman–Crippen LogP) is 5.37. The Balaban J connectivity index is 3.25. The Morgan fingerprint density at radius 2 is 1.06 bits per heavy atom. The molecule has 0 aromatic heterocycles. The van der Waals surface area contributed by atoms with Gasteiger partial charge < -0.3 is 4.74 Å².